The maximum Gasteiger partial charge on any atom is 0.309 e. The first kappa shape index (κ1) is 12.4. The molecule has 4 nitrogen and oxygen atoms in total. The Labute approximate surface area is 108 Å². The summed E-state index contributed by atoms with van der Waals surface area (Å²) in [5.41, 5.74) is -0.516. The highest BCUT2D eigenvalue weighted by molar-refractivity contribution is 5.74. The molecule has 0 radical (unpaired) electrons. The SMILES string of the molecule is C1CCC2OC2C1.CC1(C(=O)O)CCC2OC2C1. The number of epoxide rings is 2. The molecule has 1 N–H and O–H groups in total. The van der Waals surface area contributed by atoms with Crippen molar-refractivity contribution in [2.75, 3.05) is 0 Å². The predicted octanol–water partition coefficient (Wildman–Crippen LogP) is 2.36. The van der Waals surface area contributed by atoms with E-state index in [1.807, 2.05) is 6.92 Å². The summed E-state index contributed by atoms with van der Waals surface area (Å²) in [5.74, 6) is -0.675. The Bertz CT molecular complexity index is 333. The minimum atomic E-state index is -0.675. The second kappa shape index (κ2) is 4.49. The minimum absolute atomic E-state index is 0.254. The van der Waals surface area contributed by atoms with Crippen LogP contribution in [0.15, 0.2) is 0 Å². The van der Waals surface area contributed by atoms with E-state index in [1.54, 1.807) is 0 Å². The zero-order chi connectivity index (χ0) is 12.8. The molecular formula is C14H22O4. The van der Waals surface area contributed by atoms with Gasteiger partial charge >= 0.3 is 5.97 Å². The molecule has 0 amide bonds. The van der Waals surface area contributed by atoms with Gasteiger partial charge in [0.05, 0.1) is 29.8 Å². The zero-order valence-electron chi connectivity index (χ0n) is 10.9. The van der Waals surface area contributed by atoms with Gasteiger partial charge in [-0.25, -0.2) is 0 Å². The Morgan fingerprint density at radius 1 is 1.06 bits per heavy atom. The van der Waals surface area contributed by atoms with Crippen LogP contribution in [0.2, 0.25) is 0 Å². The Hall–Kier alpha value is -0.610. The van der Waals surface area contributed by atoms with E-state index in [2.05, 4.69) is 0 Å². The van der Waals surface area contributed by atoms with Crippen LogP contribution in [0.25, 0.3) is 0 Å². The van der Waals surface area contributed by atoms with Crippen molar-refractivity contribution in [1.82, 2.24) is 0 Å². The maximum atomic E-state index is 10.8. The average Bonchev–Trinajstić information content (AvgIpc) is 3.23. The lowest BCUT2D eigenvalue weighted by molar-refractivity contribution is -0.149. The molecule has 2 heterocycles. The average molecular weight is 254 g/mol. The minimum Gasteiger partial charge on any atom is -0.481 e. The molecule has 5 unspecified atom stereocenters. The summed E-state index contributed by atoms with van der Waals surface area (Å²) in [6, 6.07) is 0. The largest absolute Gasteiger partial charge is 0.481 e. The maximum absolute atomic E-state index is 10.8. The number of hydrogen-bond donors (Lipinski definition) is 1. The third-order valence-electron chi connectivity index (χ3n) is 4.75. The molecule has 4 heteroatoms. The molecule has 5 atom stereocenters. The van der Waals surface area contributed by atoms with Gasteiger partial charge in [0.15, 0.2) is 0 Å². The molecule has 4 rings (SSSR count). The van der Waals surface area contributed by atoms with Crippen molar-refractivity contribution in [3.8, 4) is 0 Å². The fourth-order valence-corrected chi connectivity index (χ4v) is 3.19. The van der Waals surface area contributed by atoms with E-state index >= 15 is 0 Å². The van der Waals surface area contributed by atoms with Crippen molar-refractivity contribution in [2.24, 2.45) is 5.41 Å². The summed E-state index contributed by atoms with van der Waals surface area (Å²) < 4.78 is 10.5. The van der Waals surface area contributed by atoms with E-state index in [-0.39, 0.29) is 6.10 Å². The molecule has 0 spiro atoms. The molecule has 102 valence electrons. The summed E-state index contributed by atoms with van der Waals surface area (Å²) in [6.45, 7) is 1.81. The third-order valence-corrected chi connectivity index (χ3v) is 4.75. The van der Waals surface area contributed by atoms with Crippen molar-refractivity contribution in [2.45, 2.75) is 76.3 Å². The number of carbonyl (C=O) groups is 1. The van der Waals surface area contributed by atoms with E-state index in [4.69, 9.17) is 14.6 Å². The number of carboxylic acid groups (broad SMARTS) is 1. The van der Waals surface area contributed by atoms with E-state index < -0.39 is 11.4 Å². The first-order chi connectivity index (χ1) is 8.58. The molecule has 2 saturated heterocycles. The van der Waals surface area contributed by atoms with Gasteiger partial charge in [-0.2, -0.15) is 0 Å². The number of carboxylic acids is 1. The number of ether oxygens (including phenoxy) is 2. The van der Waals surface area contributed by atoms with Crippen LogP contribution in [0, 0.1) is 5.41 Å². The molecule has 4 aliphatic rings. The molecule has 2 aliphatic carbocycles. The smallest absolute Gasteiger partial charge is 0.309 e. The summed E-state index contributed by atoms with van der Waals surface area (Å²) >= 11 is 0. The van der Waals surface area contributed by atoms with E-state index in [9.17, 15) is 4.79 Å². The summed E-state index contributed by atoms with van der Waals surface area (Å²) in [5, 5.41) is 8.88. The molecule has 2 aliphatic heterocycles. The highest BCUT2D eigenvalue weighted by Gasteiger charge is 2.51. The summed E-state index contributed by atoms with van der Waals surface area (Å²) in [4.78, 5) is 10.8. The molecule has 18 heavy (non-hydrogen) atoms. The fourth-order valence-electron chi connectivity index (χ4n) is 3.19. The molecule has 0 aromatic rings. The Morgan fingerprint density at radius 3 is 2.11 bits per heavy atom. The highest BCUT2D eigenvalue weighted by atomic mass is 16.6. The summed E-state index contributed by atoms with van der Waals surface area (Å²) in [6.07, 6.45) is 9.93. The van der Waals surface area contributed by atoms with Crippen LogP contribution in [-0.4, -0.2) is 35.5 Å². The lowest BCUT2D eigenvalue weighted by atomic mass is 9.76. The molecule has 4 fully saturated rings. The van der Waals surface area contributed by atoms with Gasteiger partial charge in [-0.05, 0) is 39.0 Å². The van der Waals surface area contributed by atoms with E-state index in [1.165, 1.54) is 25.7 Å². The van der Waals surface area contributed by atoms with Gasteiger partial charge in [0.2, 0.25) is 0 Å². The number of aliphatic carboxylic acids is 1. The predicted molar refractivity (Wildman–Crippen MR) is 65.4 cm³/mol. The van der Waals surface area contributed by atoms with Gasteiger partial charge in [0.25, 0.3) is 0 Å². The van der Waals surface area contributed by atoms with Crippen LogP contribution in [-0.2, 0) is 14.3 Å². The Kier molecular flexibility index (Phi) is 3.10. The zero-order valence-corrected chi connectivity index (χ0v) is 10.9. The molecule has 0 bridgehead atoms. The topological polar surface area (TPSA) is 62.4 Å². The van der Waals surface area contributed by atoms with Crippen molar-refractivity contribution < 1.29 is 19.4 Å². The van der Waals surface area contributed by atoms with Gasteiger partial charge in [-0.3, -0.25) is 4.79 Å². The van der Waals surface area contributed by atoms with E-state index in [0.717, 1.165) is 12.8 Å². The Morgan fingerprint density at radius 2 is 1.61 bits per heavy atom. The molecule has 0 aromatic heterocycles. The van der Waals surface area contributed by atoms with Gasteiger partial charge in [-0.1, -0.05) is 12.8 Å². The fraction of sp³-hybridized carbons (Fsp3) is 0.929. The van der Waals surface area contributed by atoms with Crippen molar-refractivity contribution >= 4 is 5.97 Å². The second-order valence-electron chi connectivity index (χ2n) is 6.32. The van der Waals surface area contributed by atoms with Crippen LogP contribution in [0.3, 0.4) is 0 Å². The third kappa shape index (κ3) is 2.54. The Balaban J connectivity index is 0.000000122. The van der Waals surface area contributed by atoms with Gasteiger partial charge < -0.3 is 14.6 Å². The quantitative estimate of drug-likeness (QED) is 0.730. The molecule has 0 aromatic carbocycles. The second-order valence-corrected chi connectivity index (χ2v) is 6.32. The first-order valence-electron chi connectivity index (χ1n) is 7.13. The van der Waals surface area contributed by atoms with E-state index in [0.29, 0.717) is 24.7 Å². The van der Waals surface area contributed by atoms with Crippen molar-refractivity contribution in [1.29, 1.82) is 0 Å². The standard InChI is InChI=1S/C8H12O3.C6H10O/c1-8(7(9)10)3-2-5-6(4-8)11-5;1-2-4-6-5(3-1)7-6/h5-6H,2-4H2,1H3,(H,9,10);5-6H,1-4H2. The lowest BCUT2D eigenvalue weighted by Gasteiger charge is -2.26. The number of fused-ring (bicyclic) bond motifs is 2. The molecular weight excluding hydrogens is 232 g/mol. The summed E-state index contributed by atoms with van der Waals surface area (Å²) in [7, 11) is 0. The monoisotopic (exact) mass is 254 g/mol. The van der Waals surface area contributed by atoms with Gasteiger partial charge in [0.1, 0.15) is 0 Å². The van der Waals surface area contributed by atoms with Crippen LogP contribution >= 0.6 is 0 Å². The van der Waals surface area contributed by atoms with Gasteiger partial charge in [-0.15, -0.1) is 0 Å². The number of hydrogen-bond acceptors (Lipinski definition) is 3. The normalized spacial score (nSPS) is 48.1. The van der Waals surface area contributed by atoms with Crippen LogP contribution in [0.5, 0.6) is 0 Å². The van der Waals surface area contributed by atoms with Crippen molar-refractivity contribution in [3.05, 3.63) is 0 Å². The lowest BCUT2D eigenvalue weighted by Crippen LogP contribution is -2.32. The van der Waals surface area contributed by atoms with Crippen molar-refractivity contribution in [3.63, 3.8) is 0 Å². The van der Waals surface area contributed by atoms with Gasteiger partial charge in [0, 0.05) is 0 Å². The first-order valence-corrected chi connectivity index (χ1v) is 7.13. The van der Waals surface area contributed by atoms with Crippen LogP contribution < -0.4 is 0 Å². The highest BCUT2D eigenvalue weighted by Crippen LogP contribution is 2.46. The van der Waals surface area contributed by atoms with Crippen LogP contribution in [0.4, 0.5) is 0 Å². The van der Waals surface area contributed by atoms with Crippen LogP contribution in [0.1, 0.15) is 51.9 Å². The number of rotatable bonds is 1. The molecule has 2 saturated carbocycles.